The first-order valence-corrected chi connectivity index (χ1v) is 10.9. The van der Waals surface area contributed by atoms with E-state index < -0.39 is 21.9 Å². The standard InChI is InChI=1S/C20H22N4O5S/c1-3-29-20(26)16-9-10-17(22-13(16)2)19(25)23-14-6-4-7-15(12-14)30(27,28)24-18-8-5-11-21-18/h4,6-7,9-10,12H,3,5,8,11H2,1-2H3,(H,21,24)(H,23,25). The summed E-state index contributed by atoms with van der Waals surface area (Å²) >= 11 is 0. The molecule has 2 N–H and O–H groups in total. The van der Waals surface area contributed by atoms with E-state index in [1.807, 2.05) is 0 Å². The van der Waals surface area contributed by atoms with Crippen LogP contribution in [-0.2, 0) is 14.8 Å². The van der Waals surface area contributed by atoms with Crippen molar-refractivity contribution in [1.82, 2.24) is 9.71 Å². The van der Waals surface area contributed by atoms with E-state index in [2.05, 4.69) is 20.0 Å². The second-order valence-corrected chi connectivity index (χ2v) is 8.25. The molecule has 0 fully saturated rings. The summed E-state index contributed by atoms with van der Waals surface area (Å²) in [6.07, 6.45) is 1.40. The third-order valence-corrected chi connectivity index (χ3v) is 5.72. The van der Waals surface area contributed by atoms with Crippen LogP contribution in [0.5, 0.6) is 0 Å². The summed E-state index contributed by atoms with van der Waals surface area (Å²) in [6.45, 7) is 4.15. The van der Waals surface area contributed by atoms with Crippen molar-refractivity contribution in [1.29, 1.82) is 0 Å². The van der Waals surface area contributed by atoms with Gasteiger partial charge in [-0.15, -0.1) is 0 Å². The molecule has 0 saturated carbocycles. The number of anilines is 1. The molecule has 2 aromatic rings. The predicted molar refractivity (Wildman–Crippen MR) is 111 cm³/mol. The fourth-order valence-corrected chi connectivity index (χ4v) is 4.02. The number of amides is 1. The topological polar surface area (TPSA) is 127 Å². The van der Waals surface area contributed by atoms with Gasteiger partial charge in [-0.1, -0.05) is 6.07 Å². The van der Waals surface area contributed by atoms with Crippen molar-refractivity contribution >= 4 is 33.4 Å². The number of aryl methyl sites for hydroxylation is 1. The van der Waals surface area contributed by atoms with E-state index in [0.29, 0.717) is 30.2 Å². The normalized spacial score (nSPS) is 13.5. The van der Waals surface area contributed by atoms with Gasteiger partial charge in [0, 0.05) is 18.7 Å². The van der Waals surface area contributed by atoms with Crippen LogP contribution in [0, 0.1) is 6.92 Å². The van der Waals surface area contributed by atoms with Crippen molar-refractivity contribution in [2.75, 3.05) is 18.5 Å². The van der Waals surface area contributed by atoms with Gasteiger partial charge in [0.05, 0.1) is 22.8 Å². The zero-order chi connectivity index (χ0) is 21.7. The fraction of sp³-hybridized carbons (Fsp3) is 0.300. The SMILES string of the molecule is CCOC(=O)c1ccc(C(=O)Nc2cccc(S(=O)(=O)NC3=NCCC3)c2)nc1C. The van der Waals surface area contributed by atoms with Gasteiger partial charge in [-0.05, 0) is 50.6 Å². The number of aromatic nitrogens is 1. The number of sulfonamides is 1. The van der Waals surface area contributed by atoms with Crippen LogP contribution in [0.1, 0.15) is 46.3 Å². The average Bonchev–Trinajstić information content (AvgIpc) is 3.20. The number of esters is 1. The number of nitrogens with zero attached hydrogens (tertiary/aromatic N) is 2. The molecule has 158 valence electrons. The zero-order valence-electron chi connectivity index (χ0n) is 16.6. The Labute approximate surface area is 174 Å². The Morgan fingerprint density at radius 2 is 2.00 bits per heavy atom. The molecule has 0 aliphatic carbocycles. The second kappa shape index (κ2) is 9.04. The maximum Gasteiger partial charge on any atom is 0.339 e. The van der Waals surface area contributed by atoms with Gasteiger partial charge in [0.15, 0.2) is 0 Å². The van der Waals surface area contributed by atoms with E-state index in [1.165, 1.54) is 30.3 Å². The highest BCUT2D eigenvalue weighted by Crippen LogP contribution is 2.18. The molecule has 0 radical (unpaired) electrons. The first kappa shape index (κ1) is 21.4. The van der Waals surface area contributed by atoms with Gasteiger partial charge in [0.1, 0.15) is 11.5 Å². The molecule has 0 atom stereocenters. The Balaban J connectivity index is 1.75. The third kappa shape index (κ3) is 5.01. The van der Waals surface area contributed by atoms with Crippen LogP contribution in [0.3, 0.4) is 0 Å². The Morgan fingerprint density at radius 1 is 1.20 bits per heavy atom. The molecule has 0 bridgehead atoms. The molecule has 3 rings (SSSR count). The van der Waals surface area contributed by atoms with Crippen LogP contribution in [0.4, 0.5) is 5.69 Å². The monoisotopic (exact) mass is 430 g/mol. The largest absolute Gasteiger partial charge is 0.462 e. The summed E-state index contributed by atoms with van der Waals surface area (Å²) < 4.78 is 32.5. The van der Waals surface area contributed by atoms with E-state index in [9.17, 15) is 18.0 Å². The molecule has 1 aliphatic heterocycles. The minimum atomic E-state index is -3.79. The maximum atomic E-state index is 12.5. The number of hydrogen-bond donors (Lipinski definition) is 2. The lowest BCUT2D eigenvalue weighted by Gasteiger charge is -2.11. The number of benzene rings is 1. The van der Waals surface area contributed by atoms with Crippen molar-refractivity contribution in [2.45, 2.75) is 31.6 Å². The molecule has 30 heavy (non-hydrogen) atoms. The van der Waals surface area contributed by atoms with Crippen molar-refractivity contribution < 1.29 is 22.7 Å². The van der Waals surface area contributed by atoms with Gasteiger partial charge < -0.3 is 10.1 Å². The number of amidine groups is 1. The average molecular weight is 430 g/mol. The number of aliphatic imine (C=N–C) groups is 1. The first-order chi connectivity index (χ1) is 14.3. The van der Waals surface area contributed by atoms with Crippen molar-refractivity contribution in [2.24, 2.45) is 4.99 Å². The van der Waals surface area contributed by atoms with Gasteiger partial charge in [-0.25, -0.2) is 18.2 Å². The number of hydrogen-bond acceptors (Lipinski definition) is 7. The summed E-state index contributed by atoms with van der Waals surface area (Å²) in [5.41, 5.74) is 1.03. The Bertz CT molecular complexity index is 1110. The molecule has 1 aromatic carbocycles. The Kier molecular flexibility index (Phi) is 6.46. The highest BCUT2D eigenvalue weighted by atomic mass is 32.2. The molecule has 0 unspecified atom stereocenters. The van der Waals surface area contributed by atoms with E-state index >= 15 is 0 Å². The van der Waals surface area contributed by atoms with Crippen molar-refractivity contribution in [3.63, 3.8) is 0 Å². The molecule has 10 heteroatoms. The lowest BCUT2D eigenvalue weighted by atomic mass is 10.2. The number of carbonyl (C=O) groups excluding carboxylic acids is 2. The molecule has 0 saturated heterocycles. The molecule has 9 nitrogen and oxygen atoms in total. The zero-order valence-corrected chi connectivity index (χ0v) is 17.5. The first-order valence-electron chi connectivity index (χ1n) is 9.42. The summed E-state index contributed by atoms with van der Waals surface area (Å²) in [7, 11) is -3.79. The number of ether oxygens (including phenoxy) is 1. The number of nitrogens with one attached hydrogen (secondary N) is 2. The molecule has 0 spiro atoms. The summed E-state index contributed by atoms with van der Waals surface area (Å²) in [5, 5.41) is 2.63. The number of pyridine rings is 1. The van der Waals surface area contributed by atoms with E-state index in [-0.39, 0.29) is 22.8 Å². The summed E-state index contributed by atoms with van der Waals surface area (Å²) in [5.74, 6) is -0.603. The van der Waals surface area contributed by atoms with Crippen LogP contribution in [-0.4, -0.2) is 44.3 Å². The Hall–Kier alpha value is -3.27. The molecule has 1 aliphatic rings. The van der Waals surface area contributed by atoms with Crippen molar-refractivity contribution in [3.8, 4) is 0 Å². The van der Waals surface area contributed by atoms with Crippen LogP contribution in [0.25, 0.3) is 0 Å². The third-order valence-electron chi connectivity index (χ3n) is 4.34. The van der Waals surface area contributed by atoms with E-state index in [4.69, 9.17) is 4.74 Å². The highest BCUT2D eigenvalue weighted by Gasteiger charge is 2.19. The molecule has 1 amide bonds. The molecule has 2 heterocycles. The maximum absolute atomic E-state index is 12.5. The minimum Gasteiger partial charge on any atom is -0.462 e. The fourth-order valence-electron chi connectivity index (χ4n) is 2.89. The summed E-state index contributed by atoms with van der Waals surface area (Å²) in [6, 6.07) is 8.78. The van der Waals surface area contributed by atoms with Crippen LogP contribution < -0.4 is 10.0 Å². The predicted octanol–water partition coefficient (Wildman–Crippen LogP) is 2.29. The van der Waals surface area contributed by atoms with Gasteiger partial charge in [-0.2, -0.15) is 0 Å². The van der Waals surface area contributed by atoms with Gasteiger partial charge in [0.2, 0.25) is 0 Å². The van der Waals surface area contributed by atoms with Gasteiger partial charge in [0.25, 0.3) is 15.9 Å². The summed E-state index contributed by atoms with van der Waals surface area (Å²) in [4.78, 5) is 32.7. The lowest BCUT2D eigenvalue weighted by Crippen LogP contribution is -2.29. The lowest BCUT2D eigenvalue weighted by molar-refractivity contribution is 0.0524. The second-order valence-electron chi connectivity index (χ2n) is 6.57. The minimum absolute atomic E-state index is 0.0108. The molecular weight excluding hydrogens is 408 g/mol. The number of rotatable bonds is 6. The highest BCUT2D eigenvalue weighted by molar-refractivity contribution is 7.90. The molecular formula is C20H22N4O5S. The van der Waals surface area contributed by atoms with E-state index in [0.717, 1.165) is 6.42 Å². The van der Waals surface area contributed by atoms with Crippen molar-refractivity contribution in [3.05, 3.63) is 53.3 Å². The van der Waals surface area contributed by atoms with E-state index in [1.54, 1.807) is 19.9 Å². The van der Waals surface area contributed by atoms with Crippen LogP contribution in [0.2, 0.25) is 0 Å². The quantitative estimate of drug-likeness (QED) is 0.677. The molecule has 1 aromatic heterocycles. The van der Waals surface area contributed by atoms with Crippen LogP contribution in [0.15, 0.2) is 46.3 Å². The van der Waals surface area contributed by atoms with Gasteiger partial charge >= 0.3 is 5.97 Å². The Morgan fingerprint density at radius 3 is 2.67 bits per heavy atom. The smallest absolute Gasteiger partial charge is 0.339 e. The van der Waals surface area contributed by atoms with Crippen LogP contribution >= 0.6 is 0 Å². The number of carbonyl (C=O) groups is 2. The van der Waals surface area contributed by atoms with Gasteiger partial charge in [-0.3, -0.25) is 14.5 Å².